The van der Waals surface area contributed by atoms with E-state index in [1.807, 2.05) is 10.8 Å². The molecule has 0 aliphatic rings. The van der Waals surface area contributed by atoms with Gasteiger partial charge in [-0.1, -0.05) is 33.1 Å². The lowest BCUT2D eigenvalue weighted by atomic mass is 10.1. The van der Waals surface area contributed by atoms with Crippen molar-refractivity contribution in [2.75, 3.05) is 0 Å². The molecule has 0 radical (unpaired) electrons. The van der Waals surface area contributed by atoms with Crippen LogP contribution < -0.4 is 5.56 Å². The Labute approximate surface area is 118 Å². The third kappa shape index (κ3) is 3.31. The molecule has 0 saturated carbocycles. The zero-order chi connectivity index (χ0) is 14.4. The number of nitrogens with zero attached hydrogens (tertiary/aromatic N) is 4. The Morgan fingerprint density at radius 2 is 2.15 bits per heavy atom. The van der Waals surface area contributed by atoms with Crippen LogP contribution in [0.1, 0.15) is 52.0 Å². The van der Waals surface area contributed by atoms with Gasteiger partial charge in [0.15, 0.2) is 5.82 Å². The Bertz CT molecular complexity index is 576. The number of aromatic nitrogens is 5. The second-order valence-corrected chi connectivity index (χ2v) is 4.97. The Morgan fingerprint density at radius 1 is 1.30 bits per heavy atom. The van der Waals surface area contributed by atoms with Crippen LogP contribution in [-0.2, 0) is 0 Å². The summed E-state index contributed by atoms with van der Waals surface area (Å²) in [6.45, 7) is 4.30. The summed E-state index contributed by atoms with van der Waals surface area (Å²) < 4.78 is 1.81. The molecule has 1 N–H and O–H groups in total. The van der Waals surface area contributed by atoms with Crippen LogP contribution in [0.4, 0.5) is 0 Å². The lowest BCUT2D eigenvalue weighted by molar-refractivity contribution is 0.421. The first-order valence-corrected chi connectivity index (χ1v) is 7.22. The molecule has 6 heteroatoms. The molecule has 2 aromatic rings. The van der Waals surface area contributed by atoms with Gasteiger partial charge < -0.3 is 4.57 Å². The summed E-state index contributed by atoms with van der Waals surface area (Å²) in [6, 6.07) is 3.57. The molecule has 0 saturated heterocycles. The van der Waals surface area contributed by atoms with Gasteiger partial charge in [0.25, 0.3) is 5.56 Å². The molecule has 2 heterocycles. The number of hydrogen-bond donors (Lipinski definition) is 1. The van der Waals surface area contributed by atoms with Crippen LogP contribution in [0.15, 0.2) is 23.1 Å². The standard InChI is InChI=1S/C14H21N5O/c1-3-5-6-7-12(4-2)19-10-11(8-9-13(19)20)14-15-17-18-16-14/h8-10,12H,3-7H2,1-2H3,(H,15,16,17,18). The van der Waals surface area contributed by atoms with E-state index in [1.54, 1.807) is 12.1 Å². The molecule has 0 aromatic carbocycles. The number of hydrogen-bond acceptors (Lipinski definition) is 4. The van der Waals surface area contributed by atoms with Crippen LogP contribution in [-0.4, -0.2) is 25.2 Å². The number of nitrogens with one attached hydrogen (secondary N) is 1. The van der Waals surface area contributed by atoms with Crippen LogP contribution in [0.2, 0.25) is 0 Å². The average Bonchev–Trinajstić information content (AvgIpc) is 2.99. The number of H-pyrrole nitrogens is 1. The summed E-state index contributed by atoms with van der Waals surface area (Å²) >= 11 is 0. The van der Waals surface area contributed by atoms with Gasteiger partial charge in [-0.2, -0.15) is 0 Å². The molecule has 0 fully saturated rings. The van der Waals surface area contributed by atoms with E-state index in [4.69, 9.17) is 0 Å². The number of tetrazole rings is 1. The minimum Gasteiger partial charge on any atom is -0.312 e. The molecule has 1 atom stereocenters. The highest BCUT2D eigenvalue weighted by Crippen LogP contribution is 2.20. The molecular formula is C14H21N5O. The Morgan fingerprint density at radius 3 is 2.80 bits per heavy atom. The van der Waals surface area contributed by atoms with Gasteiger partial charge in [-0.3, -0.25) is 4.79 Å². The van der Waals surface area contributed by atoms with Crippen molar-refractivity contribution >= 4 is 0 Å². The summed E-state index contributed by atoms with van der Waals surface area (Å²) in [7, 11) is 0. The van der Waals surface area contributed by atoms with Crippen molar-refractivity contribution in [1.82, 2.24) is 25.2 Å². The lowest BCUT2D eigenvalue weighted by Gasteiger charge is -2.18. The summed E-state index contributed by atoms with van der Waals surface area (Å²) in [5, 5.41) is 13.7. The quantitative estimate of drug-likeness (QED) is 0.788. The molecule has 2 rings (SSSR count). The minimum absolute atomic E-state index is 0.0320. The van der Waals surface area contributed by atoms with E-state index < -0.39 is 0 Å². The van der Waals surface area contributed by atoms with Gasteiger partial charge >= 0.3 is 0 Å². The molecule has 2 aromatic heterocycles. The fourth-order valence-corrected chi connectivity index (χ4v) is 2.38. The van der Waals surface area contributed by atoms with Crippen molar-refractivity contribution in [1.29, 1.82) is 0 Å². The van der Waals surface area contributed by atoms with E-state index in [2.05, 4.69) is 34.5 Å². The van der Waals surface area contributed by atoms with Crippen molar-refractivity contribution in [3.8, 4) is 11.4 Å². The van der Waals surface area contributed by atoms with Crippen LogP contribution in [0, 0.1) is 0 Å². The second-order valence-electron chi connectivity index (χ2n) is 4.97. The molecule has 0 aliphatic carbocycles. The molecule has 20 heavy (non-hydrogen) atoms. The minimum atomic E-state index is 0.0320. The third-order valence-corrected chi connectivity index (χ3v) is 3.56. The number of unbranched alkanes of at least 4 members (excludes halogenated alkanes) is 2. The fraction of sp³-hybridized carbons (Fsp3) is 0.571. The highest BCUT2D eigenvalue weighted by atomic mass is 16.1. The smallest absolute Gasteiger partial charge is 0.250 e. The van der Waals surface area contributed by atoms with E-state index >= 15 is 0 Å². The molecule has 0 aliphatic heterocycles. The molecule has 6 nitrogen and oxygen atoms in total. The van der Waals surface area contributed by atoms with Crippen LogP contribution >= 0.6 is 0 Å². The Balaban J connectivity index is 2.25. The summed E-state index contributed by atoms with van der Waals surface area (Å²) in [5.41, 5.74) is 0.869. The second kappa shape index (κ2) is 6.98. The van der Waals surface area contributed by atoms with E-state index in [9.17, 15) is 4.79 Å². The van der Waals surface area contributed by atoms with Crippen molar-refractivity contribution in [2.24, 2.45) is 0 Å². The van der Waals surface area contributed by atoms with Gasteiger partial charge in [-0.15, -0.1) is 5.10 Å². The van der Waals surface area contributed by atoms with Crippen LogP contribution in [0.5, 0.6) is 0 Å². The van der Waals surface area contributed by atoms with E-state index in [0.29, 0.717) is 5.82 Å². The topological polar surface area (TPSA) is 76.5 Å². The summed E-state index contributed by atoms with van der Waals surface area (Å²) in [6.07, 6.45) is 7.37. The molecule has 0 bridgehead atoms. The van der Waals surface area contributed by atoms with Crippen molar-refractivity contribution in [2.45, 2.75) is 52.0 Å². The van der Waals surface area contributed by atoms with E-state index in [1.165, 1.54) is 12.8 Å². The van der Waals surface area contributed by atoms with Gasteiger partial charge in [-0.25, -0.2) is 5.10 Å². The zero-order valence-electron chi connectivity index (χ0n) is 12.0. The van der Waals surface area contributed by atoms with Crippen LogP contribution in [0.3, 0.4) is 0 Å². The highest BCUT2D eigenvalue weighted by molar-refractivity contribution is 5.51. The van der Waals surface area contributed by atoms with E-state index in [0.717, 1.165) is 24.8 Å². The number of pyridine rings is 1. The van der Waals surface area contributed by atoms with Crippen molar-refractivity contribution < 1.29 is 0 Å². The first-order chi connectivity index (χ1) is 9.76. The lowest BCUT2D eigenvalue weighted by Crippen LogP contribution is -2.23. The van der Waals surface area contributed by atoms with E-state index in [-0.39, 0.29) is 11.6 Å². The van der Waals surface area contributed by atoms with Gasteiger partial charge in [0.2, 0.25) is 0 Å². The maximum Gasteiger partial charge on any atom is 0.250 e. The molecule has 108 valence electrons. The maximum absolute atomic E-state index is 12.1. The average molecular weight is 275 g/mol. The number of rotatable bonds is 7. The predicted octanol–water partition coefficient (Wildman–Crippen LogP) is 2.56. The molecule has 1 unspecified atom stereocenters. The first kappa shape index (κ1) is 14.4. The SMILES string of the molecule is CCCCCC(CC)n1cc(-c2nnn[nH]2)ccc1=O. The maximum atomic E-state index is 12.1. The zero-order valence-corrected chi connectivity index (χ0v) is 12.0. The van der Waals surface area contributed by atoms with Crippen molar-refractivity contribution in [3.63, 3.8) is 0 Å². The number of aromatic amines is 1. The van der Waals surface area contributed by atoms with Gasteiger partial charge in [0, 0.05) is 23.9 Å². The third-order valence-electron chi connectivity index (χ3n) is 3.56. The normalized spacial score (nSPS) is 12.5. The summed E-state index contributed by atoms with van der Waals surface area (Å²) in [5.74, 6) is 0.585. The fourth-order valence-electron chi connectivity index (χ4n) is 2.38. The van der Waals surface area contributed by atoms with Crippen molar-refractivity contribution in [3.05, 3.63) is 28.7 Å². The highest BCUT2D eigenvalue weighted by Gasteiger charge is 2.12. The van der Waals surface area contributed by atoms with Gasteiger partial charge in [0.05, 0.1) is 0 Å². The molecular weight excluding hydrogens is 254 g/mol. The molecule has 0 spiro atoms. The summed E-state index contributed by atoms with van der Waals surface area (Å²) in [4.78, 5) is 12.1. The van der Waals surface area contributed by atoms with Gasteiger partial charge in [0.1, 0.15) is 0 Å². The predicted molar refractivity (Wildman–Crippen MR) is 77.3 cm³/mol. The monoisotopic (exact) mass is 275 g/mol. The largest absolute Gasteiger partial charge is 0.312 e. The van der Waals surface area contributed by atoms with Gasteiger partial charge in [-0.05, 0) is 29.3 Å². The Kier molecular flexibility index (Phi) is 5.03. The van der Waals surface area contributed by atoms with Crippen LogP contribution in [0.25, 0.3) is 11.4 Å². The Hall–Kier alpha value is -1.98. The first-order valence-electron chi connectivity index (χ1n) is 7.22. The molecule has 0 amide bonds.